The second-order valence-electron chi connectivity index (χ2n) is 11.1. The Morgan fingerprint density at radius 2 is 1.30 bits per heavy atom. The summed E-state index contributed by atoms with van der Waals surface area (Å²) >= 11 is 0. The molecule has 0 aliphatic heterocycles. The van der Waals surface area contributed by atoms with Crippen molar-refractivity contribution in [2.45, 2.75) is 23.6 Å². The number of hydrogen-bond acceptors (Lipinski definition) is 12. The number of aryl methyl sites for hydroxylation is 2. The third-order valence-electron chi connectivity index (χ3n) is 7.61. The Bertz CT molecular complexity index is 2290. The number of hydrogen-bond donors (Lipinski definition) is 5. The van der Waals surface area contributed by atoms with Crippen molar-refractivity contribution in [3.63, 3.8) is 0 Å². The van der Waals surface area contributed by atoms with Crippen LogP contribution in [0.1, 0.15) is 11.1 Å². The van der Waals surface area contributed by atoms with E-state index in [1.54, 1.807) is 44.2 Å². The molecule has 0 radical (unpaired) electrons. The van der Waals surface area contributed by atoms with Crippen LogP contribution in [0.5, 0.6) is 5.75 Å². The highest BCUT2D eigenvalue weighted by Gasteiger charge is 2.24. The molecule has 0 heterocycles. The number of nitrogens with zero attached hydrogens (tertiary/aromatic N) is 5. The molecule has 0 spiro atoms. The first-order valence-corrected chi connectivity index (χ1v) is 18.1. The topological polar surface area (TPSA) is 214 Å². The van der Waals surface area contributed by atoms with Gasteiger partial charge in [-0.1, -0.05) is 18.2 Å². The molecule has 5 aromatic rings. The van der Waals surface area contributed by atoms with Crippen molar-refractivity contribution in [2.75, 3.05) is 31.6 Å². The van der Waals surface area contributed by atoms with Crippen LogP contribution in [-0.4, -0.2) is 67.3 Å². The molecule has 0 unspecified atom stereocenters. The van der Waals surface area contributed by atoms with Gasteiger partial charge in [-0.2, -0.15) is 28.1 Å². The average molecular weight is 719 g/mol. The molecule has 0 aliphatic rings. The van der Waals surface area contributed by atoms with Crippen LogP contribution in [0, 0.1) is 13.8 Å². The zero-order chi connectivity index (χ0) is 36.1. The number of anilines is 2. The quantitative estimate of drug-likeness (QED) is 0.0628. The maximum absolute atomic E-state index is 12.8. The highest BCUT2D eigenvalue weighted by atomic mass is 32.2. The van der Waals surface area contributed by atoms with Gasteiger partial charge in [0.1, 0.15) is 10.6 Å². The van der Waals surface area contributed by atoms with E-state index < -0.39 is 49.7 Å². The van der Waals surface area contributed by atoms with Crippen LogP contribution in [0.25, 0.3) is 10.8 Å². The lowest BCUT2D eigenvalue weighted by Gasteiger charge is -2.20. The van der Waals surface area contributed by atoms with Gasteiger partial charge in [-0.3, -0.25) is 4.55 Å². The predicted octanol–water partition coefficient (Wildman–Crippen LogP) is 6.96. The van der Waals surface area contributed by atoms with Crippen molar-refractivity contribution >= 4 is 65.0 Å². The molecule has 0 aromatic heterocycles. The molecule has 0 aliphatic carbocycles. The number of benzene rings is 5. The average Bonchev–Trinajstić information content (AvgIpc) is 3.08. The van der Waals surface area contributed by atoms with Crippen LogP contribution in [0.2, 0.25) is 0 Å². The molecule has 5 aromatic carbocycles. The minimum absolute atomic E-state index is 0.0282. The maximum Gasteiger partial charge on any atom is 0.296 e. The summed E-state index contributed by atoms with van der Waals surface area (Å²) in [7, 11) is -8.75. The van der Waals surface area contributed by atoms with E-state index in [2.05, 4.69) is 25.8 Å². The van der Waals surface area contributed by atoms with Gasteiger partial charge in [0, 0.05) is 29.9 Å². The summed E-state index contributed by atoms with van der Waals surface area (Å²) in [5.74, 6) is -0.474. The van der Waals surface area contributed by atoms with Crippen molar-refractivity contribution < 1.29 is 36.7 Å². The van der Waals surface area contributed by atoms with Crippen molar-refractivity contribution in [1.82, 2.24) is 4.31 Å². The molecule has 0 saturated heterocycles. The van der Waals surface area contributed by atoms with Gasteiger partial charge in [0.2, 0.25) is 10.0 Å². The molecule has 5 N–H and O–H groups in total. The van der Waals surface area contributed by atoms with E-state index in [-0.39, 0.29) is 18.0 Å². The molecular weight excluding hydrogens is 685 g/mol. The lowest BCUT2D eigenvalue weighted by atomic mass is 10.1. The zero-order valence-corrected chi connectivity index (χ0v) is 28.6. The van der Waals surface area contributed by atoms with Crippen molar-refractivity contribution in [1.29, 1.82) is 0 Å². The summed E-state index contributed by atoms with van der Waals surface area (Å²) in [5.41, 5.74) is 3.42. The van der Waals surface area contributed by atoms with Crippen molar-refractivity contribution in [2.24, 2.45) is 20.5 Å². The monoisotopic (exact) mass is 718 g/mol. The molecule has 16 heteroatoms. The molecular formula is C34H34N6O8S2. The van der Waals surface area contributed by atoms with Gasteiger partial charge in [0.05, 0.1) is 35.2 Å². The zero-order valence-electron chi connectivity index (χ0n) is 27.0. The van der Waals surface area contributed by atoms with Crippen LogP contribution < -0.4 is 5.32 Å². The highest BCUT2D eigenvalue weighted by Crippen LogP contribution is 2.43. The van der Waals surface area contributed by atoms with Crippen LogP contribution in [-0.2, 0) is 20.1 Å². The summed E-state index contributed by atoms with van der Waals surface area (Å²) in [6.45, 7) is 2.38. The first-order valence-electron chi connectivity index (χ1n) is 15.2. The lowest BCUT2D eigenvalue weighted by Crippen LogP contribution is -2.35. The second kappa shape index (κ2) is 15.2. The van der Waals surface area contributed by atoms with Crippen molar-refractivity contribution in [3.05, 3.63) is 102 Å². The highest BCUT2D eigenvalue weighted by molar-refractivity contribution is 7.89. The lowest BCUT2D eigenvalue weighted by molar-refractivity contribution is 0.217. The molecule has 0 fully saturated rings. The summed E-state index contributed by atoms with van der Waals surface area (Å²) in [6.07, 6.45) is 0. The number of fused-ring (bicyclic) bond motifs is 1. The minimum atomic E-state index is -4.82. The Morgan fingerprint density at radius 3 is 1.88 bits per heavy atom. The number of sulfonamides is 1. The molecule has 0 atom stereocenters. The number of azo groups is 2. The van der Waals surface area contributed by atoms with E-state index in [0.717, 1.165) is 9.99 Å². The Labute approximate surface area is 288 Å². The predicted molar refractivity (Wildman–Crippen MR) is 189 cm³/mol. The molecule has 0 saturated carbocycles. The van der Waals surface area contributed by atoms with Crippen molar-refractivity contribution in [3.8, 4) is 5.75 Å². The number of aromatic hydroxyl groups is 1. The number of aliphatic hydroxyl groups is 2. The van der Waals surface area contributed by atoms with Crippen LogP contribution in [0.4, 0.5) is 34.1 Å². The SMILES string of the molecule is Cc1cc(N=Nc2c(S(=O)(=O)O)cc3cc(Nc4ccccc4)ccc3c2O)c(C)cc1N=Nc1ccc(S(=O)(=O)N(CCO)CCO)cc1. The standard InChI is InChI=1S/C34H34N6O8S2/c1-22-19-31(23(2)18-30(22)37-36-26-8-11-28(12-9-26)49(44,45)40(14-16-41)15-17-42)38-39-33-32(50(46,47)48)21-24-20-27(10-13-29(24)34(33)43)35-25-6-4-3-5-7-25/h3-13,18-21,35,41-43H,14-17H2,1-2H3,(H,46,47,48). The molecule has 14 nitrogen and oxygen atoms in total. The Hall–Kier alpha value is -5.10. The number of aliphatic hydroxyl groups excluding tert-OH is 2. The van der Waals surface area contributed by atoms with E-state index >= 15 is 0 Å². The summed E-state index contributed by atoms with van der Waals surface area (Å²) in [5, 5.41) is 50.1. The smallest absolute Gasteiger partial charge is 0.296 e. The number of nitrogens with one attached hydrogen (secondary N) is 1. The van der Waals surface area contributed by atoms with Gasteiger partial charge >= 0.3 is 0 Å². The third kappa shape index (κ3) is 8.19. The fraction of sp³-hybridized carbons (Fsp3) is 0.176. The largest absolute Gasteiger partial charge is 0.505 e. The van der Waals surface area contributed by atoms with Gasteiger partial charge in [0.25, 0.3) is 10.1 Å². The Morgan fingerprint density at radius 1 is 0.700 bits per heavy atom. The number of rotatable bonds is 13. The minimum Gasteiger partial charge on any atom is -0.505 e. The van der Waals surface area contributed by atoms with Gasteiger partial charge in [0.15, 0.2) is 5.75 Å². The molecule has 0 bridgehead atoms. The fourth-order valence-corrected chi connectivity index (χ4v) is 7.12. The van der Waals surface area contributed by atoms with E-state index in [0.29, 0.717) is 44.6 Å². The Kier molecular flexibility index (Phi) is 11.0. The van der Waals surface area contributed by atoms with E-state index in [4.69, 9.17) is 0 Å². The second-order valence-corrected chi connectivity index (χ2v) is 14.5. The van der Waals surface area contributed by atoms with Gasteiger partial charge in [-0.25, -0.2) is 8.42 Å². The molecule has 5 rings (SSSR count). The first kappa shape index (κ1) is 36.2. The van der Waals surface area contributed by atoms with Gasteiger partial charge in [-0.15, -0.1) is 5.11 Å². The first-order chi connectivity index (χ1) is 23.8. The summed E-state index contributed by atoms with van der Waals surface area (Å²) in [6, 6.07) is 24.5. The number of phenolic OH excluding ortho intramolecular Hbond substituents is 1. The number of para-hydroxylation sites is 1. The van der Waals surface area contributed by atoms with E-state index in [1.165, 1.54) is 30.3 Å². The molecule has 50 heavy (non-hydrogen) atoms. The van der Waals surface area contributed by atoms with Gasteiger partial charge in [-0.05, 0) is 103 Å². The Balaban J connectivity index is 1.40. The van der Waals surface area contributed by atoms with Gasteiger partial charge < -0.3 is 20.6 Å². The molecule has 260 valence electrons. The van der Waals surface area contributed by atoms with Crippen LogP contribution >= 0.6 is 0 Å². The van der Waals surface area contributed by atoms with E-state index in [9.17, 15) is 36.7 Å². The summed E-state index contributed by atoms with van der Waals surface area (Å²) < 4.78 is 61.5. The van der Waals surface area contributed by atoms with Crippen LogP contribution in [0.15, 0.2) is 121 Å². The van der Waals surface area contributed by atoms with Crippen LogP contribution in [0.3, 0.4) is 0 Å². The third-order valence-corrected chi connectivity index (χ3v) is 10.4. The number of phenols is 1. The van der Waals surface area contributed by atoms with E-state index in [1.807, 2.05) is 30.3 Å². The molecule has 0 amide bonds. The maximum atomic E-state index is 12.8. The summed E-state index contributed by atoms with van der Waals surface area (Å²) in [4.78, 5) is -0.643. The fourth-order valence-electron chi connectivity index (χ4n) is 5.04. The normalized spacial score (nSPS) is 12.4.